The number of guanidine groups is 1. The third-order valence-corrected chi connectivity index (χ3v) is 3.09. The summed E-state index contributed by atoms with van der Waals surface area (Å²) in [7, 11) is 1.84. The molecule has 0 saturated carbocycles. The minimum absolute atomic E-state index is 0. The van der Waals surface area contributed by atoms with Gasteiger partial charge >= 0.3 is 0 Å². The molecule has 0 unspecified atom stereocenters. The summed E-state index contributed by atoms with van der Waals surface area (Å²) in [5.74, 6) is 0.625. The lowest BCUT2D eigenvalue weighted by molar-refractivity contribution is -0.122. The Bertz CT molecular complexity index is 614. The maximum atomic E-state index is 12.1. The van der Waals surface area contributed by atoms with Crippen LogP contribution in [0.25, 0.3) is 0 Å². The molecule has 138 valence electrons. The molecule has 0 atom stereocenters. The first kappa shape index (κ1) is 23.2. The van der Waals surface area contributed by atoms with E-state index in [1.54, 1.807) is 17.0 Å². The van der Waals surface area contributed by atoms with Gasteiger partial charge in [-0.2, -0.15) is 5.26 Å². The highest BCUT2D eigenvalue weighted by Crippen LogP contribution is 2.05. The van der Waals surface area contributed by atoms with Gasteiger partial charge in [0.05, 0.1) is 24.7 Å². The van der Waals surface area contributed by atoms with E-state index in [-0.39, 0.29) is 42.0 Å². The zero-order chi connectivity index (χ0) is 18.2. The zero-order valence-corrected chi connectivity index (χ0v) is 17.9. The third kappa shape index (κ3) is 9.29. The Labute approximate surface area is 167 Å². The molecular weight excluding hydrogens is 429 g/mol. The van der Waals surface area contributed by atoms with E-state index >= 15 is 0 Å². The molecule has 0 aliphatic rings. The number of aliphatic imine (C=N–C) groups is 1. The van der Waals surface area contributed by atoms with E-state index in [9.17, 15) is 4.79 Å². The number of amides is 1. The van der Waals surface area contributed by atoms with Crippen molar-refractivity contribution in [2.24, 2.45) is 4.99 Å². The number of hydrogen-bond donors (Lipinski definition) is 2. The van der Waals surface area contributed by atoms with E-state index in [0.29, 0.717) is 18.1 Å². The van der Waals surface area contributed by atoms with Gasteiger partial charge in [-0.15, -0.1) is 24.0 Å². The van der Waals surface area contributed by atoms with Crippen molar-refractivity contribution in [3.8, 4) is 6.07 Å². The molecule has 1 rings (SSSR count). The Kier molecular flexibility index (Phi) is 10.1. The fourth-order valence-electron chi connectivity index (χ4n) is 2.07. The fourth-order valence-corrected chi connectivity index (χ4v) is 2.07. The molecule has 0 fully saturated rings. The van der Waals surface area contributed by atoms with Crippen molar-refractivity contribution >= 4 is 35.8 Å². The molecule has 1 aromatic rings. The highest BCUT2D eigenvalue weighted by atomic mass is 127. The largest absolute Gasteiger partial charge is 0.357 e. The summed E-state index contributed by atoms with van der Waals surface area (Å²) in [6, 6.07) is 9.42. The molecule has 6 nitrogen and oxygen atoms in total. The first-order valence-electron chi connectivity index (χ1n) is 8.04. The predicted molar refractivity (Wildman–Crippen MR) is 112 cm³/mol. The SMILES string of the molecule is CCNC(=NCc1ccc(C#N)cc1)N(C)CC(=O)NC(C)(C)C.I. The van der Waals surface area contributed by atoms with E-state index in [1.165, 1.54) is 0 Å². The van der Waals surface area contributed by atoms with Gasteiger partial charge in [0.25, 0.3) is 0 Å². The average Bonchev–Trinajstić information content (AvgIpc) is 2.49. The smallest absolute Gasteiger partial charge is 0.240 e. The normalized spacial score (nSPS) is 11.1. The second kappa shape index (κ2) is 10.9. The van der Waals surface area contributed by atoms with Gasteiger partial charge in [-0.1, -0.05) is 12.1 Å². The Morgan fingerprint density at radius 2 is 1.88 bits per heavy atom. The number of likely N-dealkylation sites (N-methyl/N-ethyl adjacent to an activating group) is 1. The molecule has 0 aliphatic carbocycles. The van der Waals surface area contributed by atoms with E-state index < -0.39 is 0 Å². The standard InChI is InChI=1S/C18H27N5O.HI/c1-6-20-17(23(5)13-16(24)22-18(2,3)4)21-12-15-9-7-14(11-19)8-10-15;/h7-10H,6,12-13H2,1-5H3,(H,20,21)(H,22,24);1H. The van der Waals surface area contributed by atoms with Crippen LogP contribution in [0.15, 0.2) is 29.3 Å². The van der Waals surface area contributed by atoms with Gasteiger partial charge in [0.2, 0.25) is 5.91 Å². The number of halogens is 1. The molecule has 0 heterocycles. The molecule has 2 N–H and O–H groups in total. The molecule has 1 amide bonds. The molecule has 0 aromatic heterocycles. The van der Waals surface area contributed by atoms with Crippen molar-refractivity contribution in [2.75, 3.05) is 20.1 Å². The van der Waals surface area contributed by atoms with Crippen molar-refractivity contribution in [3.05, 3.63) is 35.4 Å². The summed E-state index contributed by atoms with van der Waals surface area (Å²) in [5, 5.41) is 14.9. The van der Waals surface area contributed by atoms with Gasteiger partial charge in [-0.05, 0) is 45.4 Å². The average molecular weight is 457 g/mol. The van der Waals surface area contributed by atoms with Crippen molar-refractivity contribution in [1.29, 1.82) is 5.26 Å². The summed E-state index contributed by atoms with van der Waals surface area (Å²) in [6.07, 6.45) is 0. The summed E-state index contributed by atoms with van der Waals surface area (Å²) in [5.41, 5.74) is 1.39. The van der Waals surface area contributed by atoms with Crippen LogP contribution in [-0.4, -0.2) is 42.4 Å². The molecule has 0 aliphatic heterocycles. The van der Waals surface area contributed by atoms with Crippen molar-refractivity contribution in [2.45, 2.75) is 39.8 Å². The Morgan fingerprint density at radius 3 is 2.36 bits per heavy atom. The van der Waals surface area contributed by atoms with Crippen molar-refractivity contribution < 1.29 is 4.79 Å². The monoisotopic (exact) mass is 457 g/mol. The van der Waals surface area contributed by atoms with Gasteiger partial charge in [0.15, 0.2) is 5.96 Å². The molecular formula is C18H28IN5O. The number of benzene rings is 1. The van der Waals surface area contributed by atoms with Gasteiger partial charge < -0.3 is 15.5 Å². The number of nitriles is 1. The van der Waals surface area contributed by atoms with E-state index in [1.807, 2.05) is 46.9 Å². The minimum Gasteiger partial charge on any atom is -0.357 e. The van der Waals surface area contributed by atoms with Crippen LogP contribution in [0.4, 0.5) is 0 Å². The molecule has 1 aromatic carbocycles. The van der Waals surface area contributed by atoms with Gasteiger partial charge in [-0.25, -0.2) is 4.99 Å². The maximum absolute atomic E-state index is 12.1. The first-order valence-corrected chi connectivity index (χ1v) is 8.04. The van der Waals surface area contributed by atoms with Gasteiger partial charge in [0, 0.05) is 19.1 Å². The second-order valence-electron chi connectivity index (χ2n) is 6.63. The number of hydrogen-bond acceptors (Lipinski definition) is 3. The van der Waals surface area contributed by atoms with Crippen molar-refractivity contribution in [1.82, 2.24) is 15.5 Å². The van der Waals surface area contributed by atoms with Gasteiger partial charge in [-0.3, -0.25) is 4.79 Å². The summed E-state index contributed by atoms with van der Waals surface area (Å²) < 4.78 is 0. The Hall–Kier alpha value is -1.82. The minimum atomic E-state index is -0.254. The van der Waals surface area contributed by atoms with Crippen LogP contribution < -0.4 is 10.6 Å². The van der Waals surface area contributed by atoms with E-state index in [2.05, 4.69) is 21.7 Å². The lowest BCUT2D eigenvalue weighted by atomic mass is 10.1. The van der Waals surface area contributed by atoms with Crippen LogP contribution in [0.1, 0.15) is 38.8 Å². The molecule has 0 radical (unpaired) electrons. The van der Waals surface area contributed by atoms with Crippen LogP contribution in [-0.2, 0) is 11.3 Å². The maximum Gasteiger partial charge on any atom is 0.240 e. The number of nitrogens with one attached hydrogen (secondary N) is 2. The Balaban J connectivity index is 0.00000576. The van der Waals surface area contributed by atoms with Crippen LogP contribution in [0.2, 0.25) is 0 Å². The highest BCUT2D eigenvalue weighted by Gasteiger charge is 2.16. The summed E-state index contributed by atoms with van der Waals surface area (Å²) in [6.45, 7) is 9.28. The van der Waals surface area contributed by atoms with Gasteiger partial charge in [0.1, 0.15) is 0 Å². The number of nitrogens with zero attached hydrogens (tertiary/aromatic N) is 3. The highest BCUT2D eigenvalue weighted by molar-refractivity contribution is 14.0. The quantitative estimate of drug-likeness (QED) is 0.405. The van der Waals surface area contributed by atoms with E-state index in [0.717, 1.165) is 12.1 Å². The molecule has 0 bridgehead atoms. The summed E-state index contributed by atoms with van der Waals surface area (Å²) in [4.78, 5) is 18.4. The number of carbonyl (C=O) groups is 1. The topological polar surface area (TPSA) is 80.5 Å². The molecule has 25 heavy (non-hydrogen) atoms. The zero-order valence-electron chi connectivity index (χ0n) is 15.6. The van der Waals surface area contributed by atoms with Crippen molar-refractivity contribution in [3.63, 3.8) is 0 Å². The van der Waals surface area contributed by atoms with Crippen LogP contribution in [0.5, 0.6) is 0 Å². The second-order valence-corrected chi connectivity index (χ2v) is 6.63. The predicted octanol–water partition coefficient (Wildman–Crippen LogP) is 2.49. The van der Waals surface area contributed by atoms with E-state index in [4.69, 9.17) is 5.26 Å². The first-order chi connectivity index (χ1) is 11.2. The lowest BCUT2D eigenvalue weighted by Crippen LogP contribution is -2.48. The third-order valence-electron chi connectivity index (χ3n) is 3.09. The molecule has 7 heteroatoms. The molecule has 0 spiro atoms. The Morgan fingerprint density at radius 1 is 1.28 bits per heavy atom. The molecule has 0 saturated heterocycles. The lowest BCUT2D eigenvalue weighted by Gasteiger charge is -2.25. The fraction of sp³-hybridized carbons (Fsp3) is 0.500. The number of rotatable bonds is 5. The van der Waals surface area contributed by atoms with Crippen LogP contribution in [0.3, 0.4) is 0 Å². The van der Waals surface area contributed by atoms with Crippen LogP contribution in [0, 0.1) is 11.3 Å². The van der Waals surface area contributed by atoms with Crippen LogP contribution >= 0.6 is 24.0 Å². The number of carbonyl (C=O) groups excluding carboxylic acids is 1. The summed E-state index contributed by atoms with van der Waals surface area (Å²) >= 11 is 0.